The third kappa shape index (κ3) is 8.36. The molecule has 0 heterocycles. The quantitative estimate of drug-likeness (QED) is 0.234. The van der Waals surface area contributed by atoms with Crippen molar-refractivity contribution >= 4 is 29.1 Å². The first-order valence-electron chi connectivity index (χ1n) is 12.5. The third-order valence-corrected chi connectivity index (χ3v) is 11.0. The summed E-state index contributed by atoms with van der Waals surface area (Å²) < 4.78 is 0. The van der Waals surface area contributed by atoms with E-state index in [-0.39, 0.29) is 17.0 Å². The highest BCUT2D eigenvalue weighted by atomic mass is 79.9. The lowest BCUT2D eigenvalue weighted by atomic mass is 10.1. The zero-order chi connectivity index (χ0) is 23.2. The number of benzene rings is 3. The van der Waals surface area contributed by atoms with Crippen LogP contribution in [0.5, 0.6) is 0 Å². The fourth-order valence-corrected chi connectivity index (χ4v) is 9.15. The van der Waals surface area contributed by atoms with Gasteiger partial charge < -0.3 is 22.1 Å². The maximum Gasteiger partial charge on any atom is 0.303 e. The molecule has 34 heavy (non-hydrogen) atoms. The molecule has 0 saturated carbocycles. The van der Waals surface area contributed by atoms with E-state index in [4.69, 9.17) is 5.11 Å². The molecular formula is C30H38BrO2P. The van der Waals surface area contributed by atoms with Gasteiger partial charge in [0.2, 0.25) is 0 Å². The van der Waals surface area contributed by atoms with Crippen LogP contribution in [0.1, 0.15) is 64.2 Å². The van der Waals surface area contributed by atoms with E-state index in [0.29, 0.717) is 6.42 Å². The van der Waals surface area contributed by atoms with Crippen molar-refractivity contribution in [3.63, 3.8) is 0 Å². The molecule has 182 valence electrons. The molecule has 4 heteroatoms. The molecule has 1 N–H and O–H groups in total. The molecule has 0 radical (unpaired) electrons. The Balaban J connectivity index is 0.00000408. The summed E-state index contributed by atoms with van der Waals surface area (Å²) in [6.45, 7) is 0. The Labute approximate surface area is 216 Å². The number of carboxylic acid groups (broad SMARTS) is 1. The number of rotatable bonds is 15. The Hall–Kier alpha value is -1.96. The lowest BCUT2D eigenvalue weighted by Crippen LogP contribution is -3.00. The van der Waals surface area contributed by atoms with Crippen LogP contribution in [0.2, 0.25) is 0 Å². The number of hydrogen-bond acceptors (Lipinski definition) is 1. The van der Waals surface area contributed by atoms with E-state index in [9.17, 15) is 4.79 Å². The van der Waals surface area contributed by atoms with Crippen molar-refractivity contribution in [3.8, 4) is 0 Å². The highest BCUT2D eigenvalue weighted by Gasteiger charge is 2.44. The Bertz CT molecular complexity index is 835. The molecule has 0 saturated heterocycles. The highest BCUT2D eigenvalue weighted by molar-refractivity contribution is 7.95. The van der Waals surface area contributed by atoms with Gasteiger partial charge in [0.1, 0.15) is 23.2 Å². The van der Waals surface area contributed by atoms with Gasteiger partial charge in [-0.1, -0.05) is 93.1 Å². The zero-order valence-corrected chi connectivity index (χ0v) is 22.6. The Morgan fingerprint density at radius 3 is 1.21 bits per heavy atom. The van der Waals surface area contributed by atoms with E-state index in [1.165, 1.54) is 60.6 Å². The molecule has 0 aliphatic carbocycles. The van der Waals surface area contributed by atoms with Crippen molar-refractivity contribution in [3.05, 3.63) is 91.0 Å². The van der Waals surface area contributed by atoms with Crippen molar-refractivity contribution in [1.29, 1.82) is 0 Å². The molecule has 0 aliphatic heterocycles. The summed E-state index contributed by atoms with van der Waals surface area (Å²) in [5.41, 5.74) is 0. The lowest BCUT2D eigenvalue weighted by molar-refractivity contribution is -0.137. The standard InChI is InChI=1S/C30H37O2P.BrH/c31-30(32)25-17-6-4-2-1-3-5-7-18-26-33(27-19-11-8-12-20-27,28-21-13-9-14-22-28)29-23-15-10-16-24-29;/h8-16,19-24H,1-7,17-18,25-26H2;1H. The van der Waals surface area contributed by atoms with Crippen LogP contribution in [0.3, 0.4) is 0 Å². The van der Waals surface area contributed by atoms with E-state index in [0.717, 1.165) is 19.3 Å². The molecule has 0 fully saturated rings. The minimum absolute atomic E-state index is 0. The van der Waals surface area contributed by atoms with Gasteiger partial charge in [-0.3, -0.25) is 4.79 Å². The number of halogens is 1. The number of hydrogen-bond donors (Lipinski definition) is 1. The first kappa shape index (κ1) is 28.3. The fourth-order valence-electron chi connectivity index (χ4n) is 4.74. The average Bonchev–Trinajstić information content (AvgIpc) is 2.86. The van der Waals surface area contributed by atoms with Crippen LogP contribution in [-0.2, 0) is 4.79 Å². The second-order valence-electron chi connectivity index (χ2n) is 8.87. The number of carboxylic acids is 1. The van der Waals surface area contributed by atoms with Crippen LogP contribution >= 0.6 is 7.26 Å². The number of unbranched alkanes of at least 4 members (excludes halogenated alkanes) is 8. The van der Waals surface area contributed by atoms with Crippen LogP contribution in [0.15, 0.2) is 91.0 Å². The molecule has 0 atom stereocenters. The van der Waals surface area contributed by atoms with Gasteiger partial charge in [0, 0.05) is 6.42 Å². The van der Waals surface area contributed by atoms with Crippen molar-refractivity contribution in [1.82, 2.24) is 0 Å². The zero-order valence-electron chi connectivity index (χ0n) is 20.1. The maximum absolute atomic E-state index is 10.6. The van der Waals surface area contributed by atoms with E-state index >= 15 is 0 Å². The van der Waals surface area contributed by atoms with Gasteiger partial charge in [-0.2, -0.15) is 0 Å². The van der Waals surface area contributed by atoms with Gasteiger partial charge in [-0.05, 0) is 55.7 Å². The smallest absolute Gasteiger partial charge is 0.303 e. The molecule has 3 aromatic carbocycles. The highest BCUT2D eigenvalue weighted by Crippen LogP contribution is 2.55. The number of carbonyl (C=O) groups is 1. The Morgan fingerprint density at radius 2 is 0.853 bits per heavy atom. The predicted molar refractivity (Wildman–Crippen MR) is 144 cm³/mol. The van der Waals surface area contributed by atoms with E-state index < -0.39 is 13.2 Å². The average molecular weight is 542 g/mol. The second-order valence-corrected chi connectivity index (χ2v) is 12.5. The molecule has 0 unspecified atom stereocenters. The summed E-state index contributed by atoms with van der Waals surface area (Å²) in [7, 11) is -1.68. The van der Waals surface area contributed by atoms with E-state index in [1.54, 1.807) is 0 Å². The van der Waals surface area contributed by atoms with Gasteiger partial charge >= 0.3 is 5.97 Å². The SMILES string of the molecule is O=C(O)CCCCCCCCCCC[P+](c1ccccc1)(c1ccccc1)c1ccccc1.[Br-]. The van der Waals surface area contributed by atoms with Crippen molar-refractivity contribution in [2.75, 3.05) is 6.16 Å². The van der Waals surface area contributed by atoms with E-state index in [2.05, 4.69) is 91.0 Å². The monoisotopic (exact) mass is 540 g/mol. The lowest BCUT2D eigenvalue weighted by Gasteiger charge is -2.27. The third-order valence-electron chi connectivity index (χ3n) is 6.48. The largest absolute Gasteiger partial charge is 1.00 e. The molecule has 3 aromatic rings. The molecule has 3 rings (SSSR count). The van der Waals surface area contributed by atoms with Crippen LogP contribution in [-0.4, -0.2) is 17.2 Å². The maximum atomic E-state index is 10.6. The Morgan fingerprint density at radius 1 is 0.529 bits per heavy atom. The summed E-state index contributed by atoms with van der Waals surface area (Å²) in [6.07, 6.45) is 12.1. The molecule has 0 aliphatic rings. The summed E-state index contributed by atoms with van der Waals surface area (Å²) in [5.74, 6) is -0.671. The van der Waals surface area contributed by atoms with Crippen LogP contribution in [0.4, 0.5) is 0 Å². The van der Waals surface area contributed by atoms with E-state index in [1.807, 2.05) is 0 Å². The van der Waals surface area contributed by atoms with Gasteiger partial charge in [0.15, 0.2) is 0 Å². The first-order valence-corrected chi connectivity index (χ1v) is 14.5. The van der Waals surface area contributed by atoms with Crippen molar-refractivity contribution in [2.45, 2.75) is 64.2 Å². The minimum atomic E-state index is -1.68. The number of aliphatic carboxylic acids is 1. The second kappa shape index (κ2) is 15.8. The van der Waals surface area contributed by atoms with Crippen molar-refractivity contribution < 1.29 is 26.9 Å². The molecule has 0 bridgehead atoms. The van der Waals surface area contributed by atoms with Crippen LogP contribution < -0.4 is 32.9 Å². The van der Waals surface area contributed by atoms with Gasteiger partial charge in [0.25, 0.3) is 0 Å². The minimum Gasteiger partial charge on any atom is -1.00 e. The molecule has 2 nitrogen and oxygen atoms in total. The van der Waals surface area contributed by atoms with Crippen LogP contribution in [0, 0.1) is 0 Å². The molecule has 0 spiro atoms. The first-order chi connectivity index (χ1) is 16.2. The normalized spacial score (nSPS) is 11.1. The predicted octanol–water partition coefficient (Wildman–Crippen LogP) is 3.97. The van der Waals surface area contributed by atoms with Gasteiger partial charge in [0.05, 0.1) is 6.16 Å². The topological polar surface area (TPSA) is 37.3 Å². The van der Waals surface area contributed by atoms with Gasteiger partial charge in [-0.15, -0.1) is 0 Å². The van der Waals surface area contributed by atoms with Gasteiger partial charge in [-0.25, -0.2) is 0 Å². The molecule has 0 aromatic heterocycles. The molecular weight excluding hydrogens is 503 g/mol. The Kier molecular flexibility index (Phi) is 13.2. The summed E-state index contributed by atoms with van der Waals surface area (Å²) in [5, 5.41) is 13.1. The summed E-state index contributed by atoms with van der Waals surface area (Å²) in [4.78, 5) is 10.6. The van der Waals surface area contributed by atoms with Crippen molar-refractivity contribution in [2.24, 2.45) is 0 Å². The fraction of sp³-hybridized carbons (Fsp3) is 0.367. The summed E-state index contributed by atoms with van der Waals surface area (Å²) in [6, 6.07) is 33.5. The molecule has 0 amide bonds. The summed E-state index contributed by atoms with van der Waals surface area (Å²) >= 11 is 0. The van der Waals surface area contributed by atoms with Crippen LogP contribution in [0.25, 0.3) is 0 Å².